The number of guanidine groups is 1. The molecule has 0 saturated carbocycles. The van der Waals surface area contributed by atoms with E-state index in [1.807, 2.05) is 0 Å². The van der Waals surface area contributed by atoms with E-state index in [9.17, 15) is 0 Å². The van der Waals surface area contributed by atoms with Crippen LogP contribution in [-0.4, -0.2) is 59.5 Å². The Labute approximate surface area is 155 Å². The molecule has 0 aromatic carbocycles. The molecule has 0 radical (unpaired) electrons. The summed E-state index contributed by atoms with van der Waals surface area (Å²) >= 11 is 1.79. The number of aromatic nitrogens is 1. The summed E-state index contributed by atoms with van der Waals surface area (Å²) in [5, 5.41) is 4.59. The van der Waals surface area contributed by atoms with Gasteiger partial charge in [-0.05, 0) is 26.2 Å². The van der Waals surface area contributed by atoms with Crippen LogP contribution >= 0.6 is 11.3 Å². The quantitative estimate of drug-likeness (QED) is 0.497. The van der Waals surface area contributed by atoms with Crippen molar-refractivity contribution in [2.45, 2.75) is 52.6 Å². The molecule has 1 aromatic heterocycles. The highest BCUT2D eigenvalue weighted by atomic mass is 32.1. The predicted molar refractivity (Wildman–Crippen MR) is 106 cm³/mol. The van der Waals surface area contributed by atoms with Crippen molar-refractivity contribution in [3.63, 3.8) is 0 Å². The van der Waals surface area contributed by atoms with Gasteiger partial charge in [0.1, 0.15) is 5.01 Å². The molecule has 1 fully saturated rings. The van der Waals surface area contributed by atoms with Crippen LogP contribution < -0.4 is 5.32 Å². The summed E-state index contributed by atoms with van der Waals surface area (Å²) in [5.41, 5.74) is 1.22. The number of hydrogen-bond acceptors (Lipinski definition) is 4. The summed E-state index contributed by atoms with van der Waals surface area (Å²) < 4.78 is 0. The Morgan fingerprint density at radius 1 is 1.40 bits per heavy atom. The fourth-order valence-electron chi connectivity index (χ4n) is 3.66. The Bertz CT molecular complexity index is 626. The zero-order valence-corrected chi connectivity index (χ0v) is 16.8. The van der Waals surface area contributed by atoms with E-state index < -0.39 is 0 Å². The molecule has 0 bridgehead atoms. The first-order chi connectivity index (χ1) is 12.1. The van der Waals surface area contributed by atoms with Crippen molar-refractivity contribution >= 4 is 17.3 Å². The highest BCUT2D eigenvalue weighted by Crippen LogP contribution is 2.25. The lowest BCUT2D eigenvalue weighted by atomic mass is 10.1. The monoisotopic (exact) mass is 361 g/mol. The van der Waals surface area contributed by atoms with E-state index in [4.69, 9.17) is 9.98 Å². The van der Waals surface area contributed by atoms with Gasteiger partial charge in [0.25, 0.3) is 0 Å². The van der Waals surface area contributed by atoms with E-state index in [-0.39, 0.29) is 0 Å². The minimum Gasteiger partial charge on any atom is -0.357 e. The SMILES string of the molecule is CCNC(=NCc1nc(C(C)C)c(C)s1)N1CCC(N2CC=CC2)C1. The highest BCUT2D eigenvalue weighted by Gasteiger charge is 2.29. The average Bonchev–Trinajstić information content (AvgIpc) is 3.31. The molecule has 5 nitrogen and oxygen atoms in total. The van der Waals surface area contributed by atoms with Gasteiger partial charge in [-0.1, -0.05) is 26.0 Å². The summed E-state index contributed by atoms with van der Waals surface area (Å²) in [6.07, 6.45) is 5.78. The molecule has 0 amide bonds. The molecule has 1 saturated heterocycles. The highest BCUT2D eigenvalue weighted by molar-refractivity contribution is 7.11. The van der Waals surface area contributed by atoms with Gasteiger partial charge in [-0.15, -0.1) is 11.3 Å². The number of hydrogen-bond donors (Lipinski definition) is 1. The molecule has 1 atom stereocenters. The second-order valence-corrected chi connectivity index (χ2v) is 8.48. The van der Waals surface area contributed by atoms with Crippen molar-refractivity contribution in [3.8, 4) is 0 Å². The van der Waals surface area contributed by atoms with Crippen LogP contribution in [0, 0.1) is 6.92 Å². The van der Waals surface area contributed by atoms with Crippen molar-refractivity contribution in [1.29, 1.82) is 0 Å². The zero-order valence-electron chi connectivity index (χ0n) is 16.0. The fourth-order valence-corrected chi connectivity index (χ4v) is 4.67. The summed E-state index contributed by atoms with van der Waals surface area (Å²) in [5.74, 6) is 1.52. The van der Waals surface area contributed by atoms with Gasteiger partial charge in [-0.3, -0.25) is 4.90 Å². The molecule has 0 aliphatic carbocycles. The van der Waals surface area contributed by atoms with Crippen LogP contribution in [0.5, 0.6) is 0 Å². The van der Waals surface area contributed by atoms with Crippen molar-refractivity contribution in [3.05, 3.63) is 27.7 Å². The minimum absolute atomic E-state index is 0.482. The van der Waals surface area contributed by atoms with Crippen LogP contribution in [-0.2, 0) is 6.54 Å². The molecule has 3 heterocycles. The van der Waals surface area contributed by atoms with Crippen LogP contribution in [0.15, 0.2) is 17.1 Å². The van der Waals surface area contributed by atoms with Crippen LogP contribution in [0.2, 0.25) is 0 Å². The maximum Gasteiger partial charge on any atom is 0.194 e. The number of aliphatic imine (C=N–C) groups is 1. The third-order valence-corrected chi connectivity index (χ3v) is 5.92. The Balaban J connectivity index is 1.64. The van der Waals surface area contributed by atoms with Gasteiger partial charge in [-0.25, -0.2) is 9.98 Å². The molecule has 6 heteroatoms. The van der Waals surface area contributed by atoms with Gasteiger partial charge in [0, 0.05) is 43.6 Å². The summed E-state index contributed by atoms with van der Waals surface area (Å²) in [6.45, 7) is 14.6. The van der Waals surface area contributed by atoms with E-state index in [2.05, 4.69) is 55.0 Å². The third kappa shape index (κ3) is 4.42. The van der Waals surface area contributed by atoms with Crippen LogP contribution in [0.4, 0.5) is 0 Å². The first-order valence-corrected chi connectivity index (χ1v) is 10.3. The molecule has 138 valence electrons. The van der Waals surface area contributed by atoms with E-state index >= 15 is 0 Å². The number of nitrogens with zero attached hydrogens (tertiary/aromatic N) is 4. The van der Waals surface area contributed by atoms with E-state index in [0.717, 1.165) is 43.7 Å². The largest absolute Gasteiger partial charge is 0.357 e. The number of rotatable bonds is 5. The smallest absolute Gasteiger partial charge is 0.194 e. The molecule has 2 aliphatic rings. The molecule has 1 N–H and O–H groups in total. The summed E-state index contributed by atoms with van der Waals surface area (Å²) in [7, 11) is 0. The van der Waals surface area contributed by atoms with Crippen LogP contribution in [0.3, 0.4) is 0 Å². The second kappa shape index (κ2) is 8.32. The molecule has 0 spiro atoms. The van der Waals surface area contributed by atoms with Crippen LogP contribution in [0.25, 0.3) is 0 Å². The van der Waals surface area contributed by atoms with E-state index in [1.165, 1.54) is 17.0 Å². The standard InChI is InChI=1S/C19H31N5S/c1-5-20-19(21-12-17-22-18(14(2)3)15(4)25-17)24-11-8-16(13-24)23-9-6-7-10-23/h6-7,14,16H,5,8-13H2,1-4H3,(H,20,21). The first kappa shape index (κ1) is 18.4. The summed E-state index contributed by atoms with van der Waals surface area (Å²) in [6, 6.07) is 0.647. The second-order valence-electron chi connectivity index (χ2n) is 7.19. The maximum atomic E-state index is 4.89. The average molecular weight is 362 g/mol. The van der Waals surface area contributed by atoms with Crippen molar-refractivity contribution < 1.29 is 0 Å². The predicted octanol–water partition coefficient (Wildman–Crippen LogP) is 2.99. The van der Waals surface area contributed by atoms with Crippen molar-refractivity contribution in [2.75, 3.05) is 32.7 Å². The van der Waals surface area contributed by atoms with E-state index in [1.54, 1.807) is 11.3 Å². The van der Waals surface area contributed by atoms with Crippen LogP contribution in [0.1, 0.15) is 48.7 Å². The summed E-state index contributed by atoms with van der Waals surface area (Å²) in [4.78, 5) is 16.0. The van der Waals surface area contributed by atoms with Gasteiger partial charge in [0.15, 0.2) is 5.96 Å². The Morgan fingerprint density at radius 2 is 2.16 bits per heavy atom. The molecule has 2 aliphatic heterocycles. The molecule has 1 aromatic rings. The number of thiazole rings is 1. The normalized spacial score (nSPS) is 21.7. The van der Waals surface area contributed by atoms with Crippen molar-refractivity contribution in [2.24, 2.45) is 4.99 Å². The Kier molecular flexibility index (Phi) is 6.12. The fraction of sp³-hybridized carbons (Fsp3) is 0.684. The van der Waals surface area contributed by atoms with Gasteiger partial charge < -0.3 is 10.2 Å². The zero-order chi connectivity index (χ0) is 17.8. The Hall–Kier alpha value is -1.40. The number of nitrogens with one attached hydrogen (secondary N) is 1. The topological polar surface area (TPSA) is 43.8 Å². The number of likely N-dealkylation sites (tertiary alicyclic amines) is 1. The molecule has 3 rings (SSSR count). The minimum atomic E-state index is 0.482. The van der Waals surface area contributed by atoms with Gasteiger partial charge in [0.2, 0.25) is 0 Å². The number of aryl methyl sites for hydroxylation is 1. The lowest BCUT2D eigenvalue weighted by Gasteiger charge is -2.25. The molecular formula is C19H31N5S. The van der Waals surface area contributed by atoms with Gasteiger partial charge >= 0.3 is 0 Å². The molecule has 25 heavy (non-hydrogen) atoms. The van der Waals surface area contributed by atoms with Gasteiger partial charge in [-0.2, -0.15) is 0 Å². The van der Waals surface area contributed by atoms with Gasteiger partial charge in [0.05, 0.1) is 12.2 Å². The third-order valence-electron chi connectivity index (χ3n) is 4.95. The maximum absolute atomic E-state index is 4.89. The van der Waals surface area contributed by atoms with Crippen molar-refractivity contribution in [1.82, 2.24) is 20.1 Å². The molecule has 1 unspecified atom stereocenters. The molecular weight excluding hydrogens is 330 g/mol. The van der Waals surface area contributed by atoms with E-state index in [0.29, 0.717) is 18.5 Å². The lowest BCUT2D eigenvalue weighted by Crippen LogP contribution is -2.42. The Morgan fingerprint density at radius 3 is 2.80 bits per heavy atom. The lowest BCUT2D eigenvalue weighted by molar-refractivity contribution is 0.259. The first-order valence-electron chi connectivity index (χ1n) is 9.47.